The van der Waals surface area contributed by atoms with E-state index < -0.39 is 5.97 Å². The number of aryl methyl sites for hydroxylation is 2. The maximum absolute atomic E-state index is 12.3. The Bertz CT molecular complexity index is 1020. The lowest BCUT2D eigenvalue weighted by atomic mass is 9.87. The number of carboxylic acid groups (broad SMARTS) is 1. The van der Waals surface area contributed by atoms with Gasteiger partial charge in [0, 0.05) is 38.0 Å². The van der Waals surface area contributed by atoms with Crippen molar-refractivity contribution in [1.29, 1.82) is 0 Å². The molecule has 0 unspecified atom stereocenters. The Kier molecular flexibility index (Phi) is 6.80. The number of nitrogens with zero attached hydrogens (tertiary/aromatic N) is 5. The van der Waals surface area contributed by atoms with E-state index in [4.69, 9.17) is 9.47 Å². The van der Waals surface area contributed by atoms with Gasteiger partial charge >= 0.3 is 12.1 Å². The second-order valence-electron chi connectivity index (χ2n) is 9.17. The average molecular weight is 458 g/mol. The van der Waals surface area contributed by atoms with Crippen molar-refractivity contribution in [2.75, 3.05) is 13.6 Å². The first-order valence-corrected chi connectivity index (χ1v) is 11.4. The van der Waals surface area contributed by atoms with Crippen LogP contribution in [0.4, 0.5) is 4.79 Å². The van der Waals surface area contributed by atoms with Gasteiger partial charge in [0.1, 0.15) is 24.1 Å². The summed E-state index contributed by atoms with van der Waals surface area (Å²) in [5.41, 5.74) is 2.84. The van der Waals surface area contributed by atoms with Crippen molar-refractivity contribution in [3.8, 4) is 17.1 Å². The molecule has 1 amide bonds. The van der Waals surface area contributed by atoms with E-state index in [1.807, 2.05) is 13.0 Å². The van der Waals surface area contributed by atoms with Crippen molar-refractivity contribution in [3.63, 3.8) is 0 Å². The van der Waals surface area contributed by atoms with Crippen LogP contribution in [0.3, 0.4) is 0 Å². The third-order valence-electron chi connectivity index (χ3n) is 6.37. The number of amides is 1. The SMILES string of the molecule is Cc1cc(-c2nnn(C)c2COC(=O)N(C)CC2CC2)cnc1O[C@H]1CCC[C@H](C(=O)O)C1. The van der Waals surface area contributed by atoms with Gasteiger partial charge in [0.15, 0.2) is 0 Å². The summed E-state index contributed by atoms with van der Waals surface area (Å²) in [6.45, 7) is 2.67. The minimum absolute atomic E-state index is 0.0582. The van der Waals surface area contributed by atoms with E-state index in [9.17, 15) is 14.7 Å². The van der Waals surface area contributed by atoms with Crippen molar-refractivity contribution in [2.45, 2.75) is 58.2 Å². The largest absolute Gasteiger partial charge is 0.481 e. The lowest BCUT2D eigenvalue weighted by molar-refractivity contribution is -0.143. The zero-order valence-corrected chi connectivity index (χ0v) is 19.4. The van der Waals surface area contributed by atoms with Crippen molar-refractivity contribution in [2.24, 2.45) is 18.9 Å². The van der Waals surface area contributed by atoms with E-state index in [2.05, 4.69) is 15.3 Å². The van der Waals surface area contributed by atoms with Crippen molar-refractivity contribution in [1.82, 2.24) is 24.9 Å². The number of ether oxygens (including phenoxy) is 2. The quantitative estimate of drug-likeness (QED) is 0.642. The summed E-state index contributed by atoms with van der Waals surface area (Å²) in [6, 6.07) is 1.91. The zero-order chi connectivity index (χ0) is 23.5. The second-order valence-corrected chi connectivity index (χ2v) is 9.17. The molecule has 0 aromatic carbocycles. The van der Waals surface area contributed by atoms with Crippen LogP contribution in [-0.2, 0) is 23.2 Å². The molecular weight excluding hydrogens is 426 g/mol. The number of rotatable bonds is 8. The third-order valence-corrected chi connectivity index (χ3v) is 6.37. The van der Waals surface area contributed by atoms with Gasteiger partial charge in [0.25, 0.3) is 0 Å². The highest BCUT2D eigenvalue weighted by atomic mass is 16.6. The normalized spacial score (nSPS) is 20.3. The molecule has 0 saturated heterocycles. The minimum atomic E-state index is -0.766. The summed E-state index contributed by atoms with van der Waals surface area (Å²) in [4.78, 5) is 29.7. The summed E-state index contributed by atoms with van der Waals surface area (Å²) in [5.74, 6) is -0.0438. The highest BCUT2D eigenvalue weighted by molar-refractivity contribution is 5.70. The Morgan fingerprint density at radius 2 is 2.06 bits per heavy atom. The van der Waals surface area contributed by atoms with Gasteiger partial charge in [-0.3, -0.25) is 4.79 Å². The Balaban J connectivity index is 1.42. The van der Waals surface area contributed by atoms with Gasteiger partial charge in [0.2, 0.25) is 5.88 Å². The fourth-order valence-corrected chi connectivity index (χ4v) is 4.21. The van der Waals surface area contributed by atoms with Gasteiger partial charge in [-0.1, -0.05) is 5.21 Å². The maximum Gasteiger partial charge on any atom is 0.409 e. The molecule has 10 heteroatoms. The molecule has 2 aromatic heterocycles. The second kappa shape index (κ2) is 9.76. The van der Waals surface area contributed by atoms with Crippen LogP contribution in [0.15, 0.2) is 12.3 Å². The van der Waals surface area contributed by atoms with Crippen molar-refractivity contribution in [3.05, 3.63) is 23.5 Å². The minimum Gasteiger partial charge on any atom is -0.481 e. The number of hydrogen-bond donors (Lipinski definition) is 1. The summed E-state index contributed by atoms with van der Waals surface area (Å²) in [6.07, 6.45) is 6.31. The molecule has 2 heterocycles. The van der Waals surface area contributed by atoms with Crippen LogP contribution in [0.5, 0.6) is 5.88 Å². The lowest BCUT2D eigenvalue weighted by Gasteiger charge is -2.27. The van der Waals surface area contributed by atoms with Crippen LogP contribution in [-0.4, -0.2) is 61.7 Å². The van der Waals surface area contributed by atoms with E-state index >= 15 is 0 Å². The van der Waals surface area contributed by atoms with Crippen LogP contribution in [0, 0.1) is 18.8 Å². The summed E-state index contributed by atoms with van der Waals surface area (Å²) < 4.78 is 13.1. The van der Waals surface area contributed by atoms with Crippen LogP contribution in [0.1, 0.15) is 49.8 Å². The molecule has 2 aromatic rings. The maximum atomic E-state index is 12.3. The predicted octanol–water partition coefficient (Wildman–Crippen LogP) is 3.19. The number of aromatic nitrogens is 4. The summed E-state index contributed by atoms with van der Waals surface area (Å²) >= 11 is 0. The molecule has 2 saturated carbocycles. The Labute approximate surface area is 192 Å². The lowest BCUT2D eigenvalue weighted by Crippen LogP contribution is -2.30. The van der Waals surface area contributed by atoms with Crippen LogP contribution in [0.2, 0.25) is 0 Å². The third kappa shape index (κ3) is 5.61. The van der Waals surface area contributed by atoms with Crippen LogP contribution in [0.25, 0.3) is 11.3 Å². The molecule has 0 bridgehead atoms. The Hall–Kier alpha value is -3.17. The molecule has 0 radical (unpaired) electrons. The van der Waals surface area contributed by atoms with Gasteiger partial charge in [-0.25, -0.2) is 14.5 Å². The van der Waals surface area contributed by atoms with E-state index in [-0.39, 0.29) is 24.7 Å². The van der Waals surface area contributed by atoms with Gasteiger partial charge in [0.05, 0.1) is 5.92 Å². The van der Waals surface area contributed by atoms with E-state index in [1.54, 1.807) is 29.9 Å². The van der Waals surface area contributed by atoms with Gasteiger partial charge in [-0.05, 0) is 57.4 Å². The van der Waals surface area contributed by atoms with E-state index in [1.165, 1.54) is 12.8 Å². The summed E-state index contributed by atoms with van der Waals surface area (Å²) in [5, 5.41) is 17.6. The molecule has 2 aliphatic rings. The smallest absolute Gasteiger partial charge is 0.409 e. The van der Waals surface area contributed by atoms with Crippen LogP contribution < -0.4 is 4.74 Å². The predicted molar refractivity (Wildman–Crippen MR) is 119 cm³/mol. The number of pyridine rings is 1. The molecule has 1 N–H and O–H groups in total. The first-order chi connectivity index (χ1) is 15.8. The number of carbonyl (C=O) groups excluding carboxylic acids is 1. The van der Waals surface area contributed by atoms with Crippen molar-refractivity contribution >= 4 is 12.1 Å². The first-order valence-electron chi connectivity index (χ1n) is 11.4. The monoisotopic (exact) mass is 457 g/mol. The average Bonchev–Trinajstić information content (AvgIpc) is 3.53. The van der Waals surface area contributed by atoms with Gasteiger partial charge in [-0.15, -0.1) is 5.10 Å². The number of carboxylic acids is 1. The Morgan fingerprint density at radius 3 is 2.76 bits per heavy atom. The highest BCUT2D eigenvalue weighted by Crippen LogP contribution is 2.31. The summed E-state index contributed by atoms with van der Waals surface area (Å²) in [7, 11) is 3.51. The molecule has 10 nitrogen and oxygen atoms in total. The highest BCUT2D eigenvalue weighted by Gasteiger charge is 2.29. The van der Waals surface area contributed by atoms with Gasteiger partial charge in [-0.2, -0.15) is 0 Å². The number of carbonyl (C=O) groups is 2. The molecule has 2 fully saturated rings. The molecule has 33 heavy (non-hydrogen) atoms. The number of aliphatic carboxylic acids is 1. The molecule has 2 aliphatic carbocycles. The fraction of sp³-hybridized carbons (Fsp3) is 0.609. The molecule has 178 valence electrons. The molecule has 0 aliphatic heterocycles. The van der Waals surface area contributed by atoms with E-state index in [0.717, 1.165) is 24.0 Å². The first kappa shape index (κ1) is 23.0. The van der Waals surface area contributed by atoms with Crippen molar-refractivity contribution < 1.29 is 24.2 Å². The molecular formula is C23H31N5O5. The van der Waals surface area contributed by atoms with Gasteiger partial charge < -0.3 is 19.5 Å². The fourth-order valence-electron chi connectivity index (χ4n) is 4.21. The standard InChI is InChI=1S/C23H31N5O5/c1-14-9-17(11-24-21(14)33-18-6-4-5-16(10-18)22(29)30)20-19(28(3)26-25-20)13-32-23(31)27(2)12-15-7-8-15/h9,11,15-16,18H,4-8,10,12-13H2,1-3H3,(H,29,30)/t16-,18-/m0/s1. The topological polar surface area (TPSA) is 120 Å². The molecule has 2 atom stereocenters. The van der Waals surface area contributed by atoms with E-state index in [0.29, 0.717) is 42.6 Å². The molecule has 4 rings (SSSR count). The molecule has 0 spiro atoms. The number of hydrogen-bond acceptors (Lipinski definition) is 7. The Morgan fingerprint density at radius 1 is 1.27 bits per heavy atom. The van der Waals surface area contributed by atoms with Crippen LogP contribution >= 0.6 is 0 Å². The zero-order valence-electron chi connectivity index (χ0n) is 19.4.